The van der Waals surface area contributed by atoms with Gasteiger partial charge in [0.25, 0.3) is 18.7 Å². The maximum absolute atomic E-state index is 12.8. The fraction of sp³-hybridized carbons (Fsp3) is 0.412. The molecule has 0 bridgehead atoms. The summed E-state index contributed by atoms with van der Waals surface area (Å²) >= 11 is 0. The number of rotatable bonds is 11. The lowest BCUT2D eigenvalue weighted by molar-refractivity contribution is -0.153. The van der Waals surface area contributed by atoms with Crippen LogP contribution in [0.25, 0.3) is 0 Å². The summed E-state index contributed by atoms with van der Waals surface area (Å²) in [6.07, 6.45) is -1.71. The van der Waals surface area contributed by atoms with E-state index in [1.165, 1.54) is 12.1 Å². The van der Waals surface area contributed by atoms with Gasteiger partial charge in [-0.15, -0.1) is 0 Å². The largest absolute Gasteiger partial charge is 0.480 e. The fourth-order valence-corrected chi connectivity index (χ4v) is 2.07. The molecule has 3 N–H and O–H groups in total. The summed E-state index contributed by atoms with van der Waals surface area (Å²) in [5.41, 5.74) is 0.229. The number of halogens is 1. The van der Waals surface area contributed by atoms with E-state index in [2.05, 4.69) is 15.4 Å². The standard InChI is InChI=1S/C17H21FN2O7/c1-2-3-13(16(23)24)20-17(25)27-14(26-10-21)8-9-19-15(22)11-4-6-12(18)7-5-11/h4-7,10,13-14H,2-3,8-9H2,1H3,(H,19,22)(H,20,25)(H,23,24)/t13-,14-/m0/s1. The number of carboxylic acid groups (broad SMARTS) is 1. The number of amides is 2. The monoisotopic (exact) mass is 384 g/mol. The summed E-state index contributed by atoms with van der Waals surface area (Å²) in [5.74, 6) is -2.18. The van der Waals surface area contributed by atoms with Crippen molar-refractivity contribution in [3.63, 3.8) is 0 Å². The average Bonchev–Trinajstić information content (AvgIpc) is 2.61. The van der Waals surface area contributed by atoms with Crippen molar-refractivity contribution in [2.24, 2.45) is 0 Å². The van der Waals surface area contributed by atoms with Crippen molar-refractivity contribution in [1.82, 2.24) is 10.6 Å². The van der Waals surface area contributed by atoms with E-state index >= 15 is 0 Å². The minimum atomic E-state index is -1.31. The molecule has 0 heterocycles. The Kier molecular flexibility index (Phi) is 9.27. The maximum Gasteiger partial charge on any atom is 0.410 e. The van der Waals surface area contributed by atoms with Crippen LogP contribution in [0.3, 0.4) is 0 Å². The molecule has 0 saturated carbocycles. The minimum Gasteiger partial charge on any atom is -0.480 e. The van der Waals surface area contributed by atoms with Crippen LogP contribution in [-0.4, -0.2) is 48.4 Å². The first-order valence-electron chi connectivity index (χ1n) is 8.20. The summed E-state index contributed by atoms with van der Waals surface area (Å²) in [4.78, 5) is 45.2. The molecule has 0 saturated heterocycles. The highest BCUT2D eigenvalue weighted by molar-refractivity contribution is 5.94. The van der Waals surface area contributed by atoms with Crippen molar-refractivity contribution in [1.29, 1.82) is 0 Å². The molecule has 0 spiro atoms. The highest BCUT2D eigenvalue weighted by atomic mass is 19.1. The van der Waals surface area contributed by atoms with Crippen molar-refractivity contribution in [3.05, 3.63) is 35.6 Å². The molecule has 1 rings (SSSR count). The first kappa shape index (κ1) is 21.9. The molecule has 0 aliphatic carbocycles. The van der Waals surface area contributed by atoms with Crippen LogP contribution in [0.2, 0.25) is 0 Å². The number of benzene rings is 1. The van der Waals surface area contributed by atoms with E-state index in [-0.39, 0.29) is 31.4 Å². The minimum absolute atomic E-state index is 0.0146. The zero-order chi connectivity index (χ0) is 20.2. The molecule has 1 aromatic carbocycles. The Labute approximate surface area is 154 Å². The predicted molar refractivity (Wildman–Crippen MR) is 90.2 cm³/mol. The number of nitrogens with one attached hydrogen (secondary N) is 2. The smallest absolute Gasteiger partial charge is 0.410 e. The summed E-state index contributed by atoms with van der Waals surface area (Å²) in [5, 5.41) is 13.6. The van der Waals surface area contributed by atoms with E-state index in [1.807, 2.05) is 0 Å². The van der Waals surface area contributed by atoms with E-state index in [0.717, 1.165) is 12.1 Å². The van der Waals surface area contributed by atoms with Crippen LogP contribution in [0.5, 0.6) is 0 Å². The third kappa shape index (κ3) is 8.17. The van der Waals surface area contributed by atoms with Crippen LogP contribution in [0.15, 0.2) is 24.3 Å². The van der Waals surface area contributed by atoms with Crippen LogP contribution in [0, 0.1) is 5.82 Å². The van der Waals surface area contributed by atoms with Gasteiger partial charge in [-0.3, -0.25) is 9.59 Å². The van der Waals surface area contributed by atoms with E-state index < -0.39 is 36.1 Å². The maximum atomic E-state index is 12.8. The molecule has 27 heavy (non-hydrogen) atoms. The van der Waals surface area contributed by atoms with E-state index in [9.17, 15) is 23.6 Å². The van der Waals surface area contributed by atoms with Gasteiger partial charge in [0.05, 0.1) is 0 Å². The molecular weight excluding hydrogens is 363 g/mol. The Bertz CT molecular complexity index is 651. The van der Waals surface area contributed by atoms with Gasteiger partial charge in [0.1, 0.15) is 11.9 Å². The van der Waals surface area contributed by atoms with Crippen LogP contribution in [0.1, 0.15) is 36.5 Å². The molecular formula is C17H21FN2O7. The average molecular weight is 384 g/mol. The Morgan fingerprint density at radius 3 is 2.44 bits per heavy atom. The molecule has 0 radical (unpaired) electrons. The number of hydrogen-bond acceptors (Lipinski definition) is 6. The lowest BCUT2D eigenvalue weighted by Crippen LogP contribution is -2.42. The van der Waals surface area contributed by atoms with Gasteiger partial charge in [0, 0.05) is 18.5 Å². The number of aliphatic carboxylic acids is 1. The summed E-state index contributed by atoms with van der Waals surface area (Å²) in [6.45, 7) is 1.81. The van der Waals surface area contributed by atoms with Gasteiger partial charge in [-0.2, -0.15) is 0 Å². The number of carboxylic acids is 1. The van der Waals surface area contributed by atoms with Crippen LogP contribution in [-0.2, 0) is 19.1 Å². The van der Waals surface area contributed by atoms with Crippen LogP contribution in [0.4, 0.5) is 9.18 Å². The molecule has 0 fully saturated rings. The topological polar surface area (TPSA) is 131 Å². The quantitative estimate of drug-likeness (QED) is 0.388. The predicted octanol–water partition coefficient (Wildman–Crippen LogP) is 1.42. The first-order chi connectivity index (χ1) is 12.9. The summed E-state index contributed by atoms with van der Waals surface area (Å²) < 4.78 is 22.3. The van der Waals surface area contributed by atoms with Crippen LogP contribution < -0.4 is 10.6 Å². The van der Waals surface area contributed by atoms with Crippen molar-refractivity contribution < 1.29 is 38.1 Å². The molecule has 1 aromatic rings. The third-order valence-electron chi connectivity index (χ3n) is 3.39. The first-order valence-corrected chi connectivity index (χ1v) is 8.20. The van der Waals surface area contributed by atoms with Gasteiger partial charge in [0.2, 0.25) is 0 Å². The van der Waals surface area contributed by atoms with E-state index in [0.29, 0.717) is 6.42 Å². The van der Waals surface area contributed by atoms with Crippen LogP contribution >= 0.6 is 0 Å². The number of hydrogen-bond donors (Lipinski definition) is 3. The van der Waals surface area contributed by atoms with Gasteiger partial charge in [0.15, 0.2) is 0 Å². The lowest BCUT2D eigenvalue weighted by Gasteiger charge is -2.18. The SMILES string of the molecule is CCC[C@H](NC(=O)O[C@@H](CCNC(=O)c1ccc(F)cc1)OC=O)C(=O)O. The number of carbonyl (C=O) groups is 4. The highest BCUT2D eigenvalue weighted by Gasteiger charge is 2.22. The van der Waals surface area contributed by atoms with E-state index in [4.69, 9.17) is 9.84 Å². The highest BCUT2D eigenvalue weighted by Crippen LogP contribution is 2.05. The normalized spacial score (nSPS) is 12.4. The second-order valence-corrected chi connectivity index (χ2v) is 5.44. The Morgan fingerprint density at radius 1 is 1.22 bits per heavy atom. The lowest BCUT2D eigenvalue weighted by atomic mass is 10.2. The Hall–Kier alpha value is -3.17. The van der Waals surface area contributed by atoms with Crippen molar-refractivity contribution in [2.75, 3.05) is 6.54 Å². The number of ether oxygens (including phenoxy) is 2. The molecule has 148 valence electrons. The molecule has 10 heteroatoms. The van der Waals surface area contributed by atoms with Gasteiger partial charge in [-0.1, -0.05) is 13.3 Å². The van der Waals surface area contributed by atoms with Gasteiger partial charge < -0.3 is 25.2 Å². The molecule has 2 amide bonds. The van der Waals surface area contributed by atoms with E-state index in [1.54, 1.807) is 6.92 Å². The molecule has 0 unspecified atom stereocenters. The number of alkyl carbamates (subject to hydrolysis) is 1. The van der Waals surface area contributed by atoms with Crippen molar-refractivity contribution in [3.8, 4) is 0 Å². The zero-order valence-corrected chi connectivity index (χ0v) is 14.6. The van der Waals surface area contributed by atoms with Gasteiger partial charge >= 0.3 is 12.1 Å². The third-order valence-corrected chi connectivity index (χ3v) is 3.39. The molecule has 0 aliphatic rings. The number of carbonyl (C=O) groups excluding carboxylic acids is 3. The zero-order valence-electron chi connectivity index (χ0n) is 14.6. The summed E-state index contributed by atoms with van der Waals surface area (Å²) in [7, 11) is 0. The summed E-state index contributed by atoms with van der Waals surface area (Å²) in [6, 6.07) is 3.74. The molecule has 0 aliphatic heterocycles. The Balaban J connectivity index is 2.49. The molecule has 9 nitrogen and oxygen atoms in total. The van der Waals surface area contributed by atoms with Gasteiger partial charge in [-0.05, 0) is 30.7 Å². The van der Waals surface area contributed by atoms with Crippen molar-refractivity contribution >= 4 is 24.4 Å². The Morgan fingerprint density at radius 2 is 1.89 bits per heavy atom. The fourth-order valence-electron chi connectivity index (χ4n) is 2.07. The van der Waals surface area contributed by atoms with Gasteiger partial charge in [-0.25, -0.2) is 14.0 Å². The second kappa shape index (κ2) is 11.4. The van der Waals surface area contributed by atoms with Crippen molar-refractivity contribution in [2.45, 2.75) is 38.5 Å². The molecule has 0 aromatic heterocycles. The molecule has 2 atom stereocenters. The second-order valence-electron chi connectivity index (χ2n) is 5.44.